The molecule has 2 aromatic rings. The van der Waals surface area contributed by atoms with Crippen molar-refractivity contribution in [3.05, 3.63) is 42.2 Å². The molecule has 0 radical (unpaired) electrons. The molecule has 2 nitrogen and oxygen atoms in total. The van der Waals surface area contributed by atoms with Gasteiger partial charge in [0.1, 0.15) is 0 Å². The minimum atomic E-state index is 0.571. The highest BCUT2D eigenvalue weighted by Crippen LogP contribution is 2.16. The summed E-state index contributed by atoms with van der Waals surface area (Å²) in [6.45, 7) is 0.571. The molecule has 0 fully saturated rings. The Hall–Kier alpha value is -1.41. The lowest BCUT2D eigenvalue weighted by atomic mass is 10.1. The van der Waals surface area contributed by atoms with Crippen molar-refractivity contribution < 1.29 is 4.74 Å². The molecular weight excluding hydrogens is 162 g/mol. The second kappa shape index (κ2) is 3.54. The van der Waals surface area contributed by atoms with E-state index >= 15 is 0 Å². The van der Waals surface area contributed by atoms with Crippen molar-refractivity contribution in [3.8, 4) is 0 Å². The van der Waals surface area contributed by atoms with Crippen LogP contribution < -0.4 is 0 Å². The number of hydrogen-bond acceptors (Lipinski definition) is 2. The number of hydrogen-bond donors (Lipinski definition) is 0. The van der Waals surface area contributed by atoms with Crippen LogP contribution >= 0.6 is 0 Å². The zero-order valence-electron chi connectivity index (χ0n) is 7.53. The van der Waals surface area contributed by atoms with E-state index in [9.17, 15) is 0 Å². The van der Waals surface area contributed by atoms with Crippen molar-refractivity contribution in [2.75, 3.05) is 7.11 Å². The van der Waals surface area contributed by atoms with E-state index in [1.54, 1.807) is 7.11 Å². The van der Waals surface area contributed by atoms with E-state index in [0.717, 1.165) is 5.69 Å². The predicted molar refractivity (Wildman–Crippen MR) is 52.5 cm³/mol. The SMILES string of the molecule is COCc1nccc2ccccc12. The van der Waals surface area contributed by atoms with Crippen LogP contribution in [-0.4, -0.2) is 12.1 Å². The van der Waals surface area contributed by atoms with Crippen LogP contribution in [0, 0.1) is 0 Å². The third-order valence-corrected chi connectivity index (χ3v) is 2.04. The summed E-state index contributed by atoms with van der Waals surface area (Å²) in [4.78, 5) is 4.27. The Morgan fingerprint density at radius 1 is 1.23 bits per heavy atom. The average molecular weight is 173 g/mol. The van der Waals surface area contributed by atoms with Gasteiger partial charge in [0.25, 0.3) is 0 Å². The van der Waals surface area contributed by atoms with Gasteiger partial charge >= 0.3 is 0 Å². The van der Waals surface area contributed by atoms with Gasteiger partial charge in [0.15, 0.2) is 0 Å². The highest BCUT2D eigenvalue weighted by Gasteiger charge is 1.99. The van der Waals surface area contributed by atoms with E-state index in [1.165, 1.54) is 10.8 Å². The van der Waals surface area contributed by atoms with E-state index in [2.05, 4.69) is 17.1 Å². The Labute approximate surface area is 77.2 Å². The number of pyridine rings is 1. The van der Waals surface area contributed by atoms with Gasteiger partial charge in [-0.05, 0) is 11.5 Å². The summed E-state index contributed by atoms with van der Waals surface area (Å²) in [5, 5.41) is 2.39. The highest BCUT2D eigenvalue weighted by atomic mass is 16.5. The summed E-state index contributed by atoms with van der Waals surface area (Å²) in [6.07, 6.45) is 1.82. The fourth-order valence-corrected chi connectivity index (χ4v) is 1.43. The topological polar surface area (TPSA) is 22.1 Å². The summed E-state index contributed by atoms with van der Waals surface area (Å²) >= 11 is 0. The van der Waals surface area contributed by atoms with Gasteiger partial charge in [0.2, 0.25) is 0 Å². The summed E-state index contributed by atoms with van der Waals surface area (Å²) in [5.74, 6) is 0. The van der Waals surface area contributed by atoms with Crippen LogP contribution in [0.15, 0.2) is 36.5 Å². The molecule has 0 aliphatic carbocycles. The van der Waals surface area contributed by atoms with Gasteiger partial charge in [-0.3, -0.25) is 4.98 Å². The zero-order chi connectivity index (χ0) is 9.10. The molecule has 1 aromatic heterocycles. The number of methoxy groups -OCH3 is 1. The van der Waals surface area contributed by atoms with Crippen LogP contribution in [0.2, 0.25) is 0 Å². The minimum Gasteiger partial charge on any atom is -0.378 e. The molecule has 0 bridgehead atoms. The summed E-state index contributed by atoms with van der Waals surface area (Å²) < 4.78 is 5.07. The first-order valence-electron chi connectivity index (χ1n) is 4.23. The van der Waals surface area contributed by atoms with Crippen LogP contribution in [0.25, 0.3) is 10.8 Å². The van der Waals surface area contributed by atoms with Crippen LogP contribution in [0.1, 0.15) is 5.69 Å². The van der Waals surface area contributed by atoms with Crippen molar-refractivity contribution in [1.82, 2.24) is 4.98 Å². The summed E-state index contributed by atoms with van der Waals surface area (Å²) in [6, 6.07) is 10.2. The van der Waals surface area contributed by atoms with E-state index in [1.807, 2.05) is 24.4 Å². The van der Waals surface area contributed by atoms with Gasteiger partial charge in [-0.15, -0.1) is 0 Å². The molecule has 0 saturated carbocycles. The normalized spacial score (nSPS) is 10.5. The van der Waals surface area contributed by atoms with Crippen LogP contribution in [0.5, 0.6) is 0 Å². The first-order valence-corrected chi connectivity index (χ1v) is 4.23. The lowest BCUT2D eigenvalue weighted by molar-refractivity contribution is 0.182. The van der Waals surface area contributed by atoms with E-state index in [4.69, 9.17) is 4.74 Å². The first kappa shape index (κ1) is 8.20. The Morgan fingerprint density at radius 3 is 2.92 bits per heavy atom. The summed E-state index contributed by atoms with van der Waals surface area (Å²) in [7, 11) is 1.68. The van der Waals surface area contributed by atoms with E-state index < -0.39 is 0 Å². The Bertz CT molecular complexity index is 406. The number of fused-ring (bicyclic) bond motifs is 1. The van der Waals surface area contributed by atoms with Gasteiger partial charge in [-0.1, -0.05) is 24.3 Å². The standard InChI is InChI=1S/C11H11NO/c1-13-8-11-10-5-3-2-4-9(10)6-7-12-11/h2-7H,8H2,1H3. The molecule has 0 spiro atoms. The molecule has 0 N–H and O–H groups in total. The minimum absolute atomic E-state index is 0.571. The third kappa shape index (κ3) is 1.53. The van der Waals surface area contributed by atoms with Crippen molar-refractivity contribution in [3.63, 3.8) is 0 Å². The van der Waals surface area contributed by atoms with Crippen molar-refractivity contribution in [1.29, 1.82) is 0 Å². The fraction of sp³-hybridized carbons (Fsp3) is 0.182. The lowest BCUT2D eigenvalue weighted by Crippen LogP contribution is -1.92. The fourth-order valence-electron chi connectivity index (χ4n) is 1.43. The largest absolute Gasteiger partial charge is 0.378 e. The molecule has 0 aliphatic heterocycles. The van der Waals surface area contributed by atoms with Crippen molar-refractivity contribution in [2.24, 2.45) is 0 Å². The monoisotopic (exact) mass is 173 g/mol. The number of benzene rings is 1. The molecule has 2 heteroatoms. The van der Waals surface area contributed by atoms with Gasteiger partial charge in [-0.2, -0.15) is 0 Å². The van der Waals surface area contributed by atoms with Gasteiger partial charge in [0, 0.05) is 18.7 Å². The van der Waals surface area contributed by atoms with Gasteiger partial charge in [0.05, 0.1) is 12.3 Å². The molecule has 0 atom stereocenters. The Morgan fingerprint density at radius 2 is 2.08 bits per heavy atom. The first-order chi connectivity index (χ1) is 6.42. The molecular formula is C11H11NO. The molecule has 1 heterocycles. The molecule has 13 heavy (non-hydrogen) atoms. The molecule has 0 unspecified atom stereocenters. The average Bonchev–Trinajstić information content (AvgIpc) is 2.19. The lowest BCUT2D eigenvalue weighted by Gasteiger charge is -2.03. The number of nitrogens with zero attached hydrogens (tertiary/aromatic N) is 1. The molecule has 0 saturated heterocycles. The maximum atomic E-state index is 5.07. The van der Waals surface area contributed by atoms with E-state index in [-0.39, 0.29) is 0 Å². The Balaban J connectivity index is 2.61. The van der Waals surface area contributed by atoms with Crippen LogP contribution in [-0.2, 0) is 11.3 Å². The van der Waals surface area contributed by atoms with Crippen molar-refractivity contribution in [2.45, 2.75) is 6.61 Å². The number of ether oxygens (including phenoxy) is 1. The molecule has 0 aliphatic rings. The molecule has 0 amide bonds. The maximum absolute atomic E-state index is 5.07. The number of aromatic nitrogens is 1. The molecule has 2 rings (SSSR count). The number of rotatable bonds is 2. The smallest absolute Gasteiger partial charge is 0.0890 e. The van der Waals surface area contributed by atoms with Crippen molar-refractivity contribution >= 4 is 10.8 Å². The van der Waals surface area contributed by atoms with Gasteiger partial charge in [-0.25, -0.2) is 0 Å². The van der Waals surface area contributed by atoms with Crippen LogP contribution in [0.4, 0.5) is 0 Å². The summed E-state index contributed by atoms with van der Waals surface area (Å²) in [5.41, 5.74) is 1.00. The quantitative estimate of drug-likeness (QED) is 0.695. The van der Waals surface area contributed by atoms with E-state index in [0.29, 0.717) is 6.61 Å². The molecule has 66 valence electrons. The second-order valence-electron chi connectivity index (χ2n) is 2.91. The third-order valence-electron chi connectivity index (χ3n) is 2.04. The maximum Gasteiger partial charge on any atom is 0.0890 e. The Kier molecular flexibility index (Phi) is 2.23. The zero-order valence-corrected chi connectivity index (χ0v) is 7.53. The van der Waals surface area contributed by atoms with Gasteiger partial charge < -0.3 is 4.74 Å². The van der Waals surface area contributed by atoms with Crippen LogP contribution in [0.3, 0.4) is 0 Å². The second-order valence-corrected chi connectivity index (χ2v) is 2.91. The highest BCUT2D eigenvalue weighted by molar-refractivity contribution is 5.84. The predicted octanol–water partition coefficient (Wildman–Crippen LogP) is 2.38. The molecule has 1 aromatic carbocycles.